The van der Waals surface area contributed by atoms with Gasteiger partial charge in [-0.3, -0.25) is 0 Å². The lowest BCUT2D eigenvalue weighted by Gasteiger charge is -2.57. The quantitative estimate of drug-likeness (QED) is 0.166. The van der Waals surface area contributed by atoms with E-state index in [1.807, 2.05) is 78.9 Å². The molecular weight excluding hydrogens is 657 g/mol. The van der Waals surface area contributed by atoms with Crippen LogP contribution < -0.4 is 0 Å². The van der Waals surface area contributed by atoms with Gasteiger partial charge in [0, 0.05) is 22.3 Å². The van der Waals surface area contributed by atoms with E-state index in [-0.39, 0.29) is 0 Å². The Kier molecular flexibility index (Phi) is 8.02. The zero-order valence-corrected chi connectivity index (χ0v) is 30.2. The summed E-state index contributed by atoms with van der Waals surface area (Å²) in [7, 11) is 0. The molecule has 4 heteroatoms. The van der Waals surface area contributed by atoms with E-state index in [9.17, 15) is 5.26 Å². The van der Waals surface area contributed by atoms with Crippen LogP contribution in [0.25, 0.3) is 67.5 Å². The molecule has 7 aromatic rings. The average Bonchev–Trinajstić information content (AvgIpc) is 3.23. The van der Waals surface area contributed by atoms with Crippen molar-refractivity contribution in [1.29, 1.82) is 5.26 Å². The van der Waals surface area contributed by atoms with Gasteiger partial charge in [0.2, 0.25) is 0 Å². The SMILES string of the molecule is N#Cc1cccc(-c2c(-c3ccc(C45C[C@H]6C[C@@H](C4)C[C@@H](C5)C6)cc3)ccc(-c3nc(-c4ccccc4)nc(-c4ccccc4)n3)c2-c2ccccc2)c1. The molecule has 0 unspecified atom stereocenters. The largest absolute Gasteiger partial charge is 0.208 e. The minimum Gasteiger partial charge on any atom is -0.208 e. The van der Waals surface area contributed by atoms with Gasteiger partial charge in [0.05, 0.1) is 11.6 Å². The molecule has 4 aliphatic rings. The molecule has 4 fully saturated rings. The number of nitrogens with zero attached hydrogens (tertiary/aromatic N) is 4. The third-order valence-electron chi connectivity index (χ3n) is 12.3. The maximum Gasteiger partial charge on any atom is 0.164 e. The number of rotatable bonds is 7. The maximum absolute atomic E-state index is 10.1. The van der Waals surface area contributed by atoms with Crippen molar-refractivity contribution < 1.29 is 0 Å². The van der Waals surface area contributed by atoms with Crippen molar-refractivity contribution in [3.63, 3.8) is 0 Å². The summed E-state index contributed by atoms with van der Waals surface area (Å²) in [5.41, 5.74) is 11.6. The lowest BCUT2D eigenvalue weighted by Crippen LogP contribution is -2.48. The molecule has 6 aromatic carbocycles. The van der Waals surface area contributed by atoms with Crippen LogP contribution in [0.15, 0.2) is 152 Å². The Hall–Kier alpha value is -6.18. The van der Waals surface area contributed by atoms with Crippen LogP contribution >= 0.6 is 0 Å². The second-order valence-electron chi connectivity index (χ2n) is 15.8. The summed E-state index contributed by atoms with van der Waals surface area (Å²) in [6.45, 7) is 0. The first-order valence-electron chi connectivity index (χ1n) is 19.3. The normalized spacial score (nSPS) is 21.1. The number of hydrogen-bond acceptors (Lipinski definition) is 4. The van der Waals surface area contributed by atoms with Gasteiger partial charge in [-0.05, 0) is 113 Å². The minimum absolute atomic E-state index is 0.335. The molecule has 0 spiro atoms. The van der Waals surface area contributed by atoms with Crippen LogP contribution in [0.3, 0.4) is 0 Å². The van der Waals surface area contributed by atoms with Gasteiger partial charge < -0.3 is 0 Å². The van der Waals surface area contributed by atoms with Gasteiger partial charge in [-0.1, -0.05) is 133 Å². The molecular formula is C50H40N4. The predicted octanol–water partition coefficient (Wildman–Crippen LogP) is 12.2. The Morgan fingerprint density at radius 3 is 1.48 bits per heavy atom. The highest BCUT2D eigenvalue weighted by molar-refractivity contribution is 6.01. The van der Waals surface area contributed by atoms with Crippen molar-refractivity contribution in [3.05, 3.63) is 163 Å². The molecule has 1 aromatic heterocycles. The fourth-order valence-corrected chi connectivity index (χ4v) is 10.4. The highest BCUT2D eigenvalue weighted by Crippen LogP contribution is 2.61. The summed E-state index contributed by atoms with van der Waals surface area (Å²) in [6.07, 6.45) is 8.37. The van der Waals surface area contributed by atoms with E-state index in [4.69, 9.17) is 15.0 Å². The van der Waals surface area contributed by atoms with Gasteiger partial charge >= 0.3 is 0 Å². The summed E-state index contributed by atoms with van der Waals surface area (Å²) in [4.78, 5) is 15.4. The van der Waals surface area contributed by atoms with Crippen molar-refractivity contribution in [2.24, 2.45) is 17.8 Å². The molecule has 260 valence electrons. The Morgan fingerprint density at radius 2 is 0.926 bits per heavy atom. The fraction of sp³-hybridized carbons (Fsp3) is 0.200. The number of aromatic nitrogens is 3. The molecule has 4 bridgehead atoms. The third kappa shape index (κ3) is 5.81. The van der Waals surface area contributed by atoms with Crippen molar-refractivity contribution >= 4 is 0 Å². The molecule has 0 N–H and O–H groups in total. The molecule has 0 saturated heterocycles. The first-order valence-corrected chi connectivity index (χ1v) is 19.3. The summed E-state index contributed by atoms with van der Waals surface area (Å²) in [6, 6.07) is 55.1. The van der Waals surface area contributed by atoms with Crippen molar-refractivity contribution in [3.8, 4) is 73.6 Å². The molecule has 54 heavy (non-hydrogen) atoms. The predicted molar refractivity (Wildman–Crippen MR) is 217 cm³/mol. The van der Waals surface area contributed by atoms with Gasteiger partial charge in [0.1, 0.15) is 0 Å². The zero-order chi connectivity index (χ0) is 36.1. The van der Waals surface area contributed by atoms with Crippen molar-refractivity contribution in [2.45, 2.75) is 43.9 Å². The monoisotopic (exact) mass is 696 g/mol. The Morgan fingerprint density at radius 1 is 0.444 bits per heavy atom. The Labute approximate surface area is 317 Å². The van der Waals surface area contributed by atoms with E-state index < -0.39 is 0 Å². The van der Waals surface area contributed by atoms with E-state index in [0.717, 1.165) is 67.8 Å². The molecule has 4 aliphatic carbocycles. The van der Waals surface area contributed by atoms with Gasteiger partial charge in [-0.25, -0.2) is 15.0 Å². The Balaban J connectivity index is 1.20. The maximum atomic E-state index is 10.1. The van der Waals surface area contributed by atoms with E-state index in [1.165, 1.54) is 44.1 Å². The topological polar surface area (TPSA) is 62.5 Å². The summed E-state index contributed by atoms with van der Waals surface area (Å²) >= 11 is 0. The fourth-order valence-electron chi connectivity index (χ4n) is 10.4. The second kappa shape index (κ2) is 13.3. The summed E-state index contributed by atoms with van der Waals surface area (Å²) in [5, 5.41) is 10.1. The van der Waals surface area contributed by atoms with Crippen molar-refractivity contribution in [2.75, 3.05) is 0 Å². The zero-order valence-electron chi connectivity index (χ0n) is 30.2. The highest BCUT2D eigenvalue weighted by atomic mass is 15.0. The second-order valence-corrected chi connectivity index (χ2v) is 15.8. The van der Waals surface area contributed by atoms with Crippen LogP contribution in [-0.2, 0) is 5.41 Å². The lowest BCUT2D eigenvalue weighted by molar-refractivity contribution is -0.00518. The van der Waals surface area contributed by atoms with Crippen LogP contribution in [-0.4, -0.2) is 15.0 Å². The number of nitriles is 1. The number of benzene rings is 6. The van der Waals surface area contributed by atoms with Gasteiger partial charge in [0.25, 0.3) is 0 Å². The third-order valence-corrected chi connectivity index (χ3v) is 12.3. The van der Waals surface area contributed by atoms with Crippen LogP contribution in [0, 0.1) is 29.1 Å². The van der Waals surface area contributed by atoms with Crippen LogP contribution in [0.5, 0.6) is 0 Å². The van der Waals surface area contributed by atoms with Crippen LogP contribution in [0.2, 0.25) is 0 Å². The molecule has 11 rings (SSSR count). The molecule has 1 heterocycles. The Bertz CT molecular complexity index is 2420. The standard InChI is InChI=1S/C50H40N4/c51-32-33-11-10-18-41(28-33)46-43(37-19-21-42(22-20-37)50-29-34-25-35(30-50)27-36(26-34)31-50)23-24-44(45(46)38-12-4-1-5-13-38)49-53-47(39-14-6-2-7-15-39)52-48(54-49)40-16-8-3-9-17-40/h1-24,28,34-36H,25-27,29-31H2/t34-,35+,36-,50?. The molecule has 4 saturated carbocycles. The van der Waals surface area contributed by atoms with E-state index in [1.54, 1.807) is 0 Å². The average molecular weight is 697 g/mol. The van der Waals surface area contributed by atoms with E-state index in [0.29, 0.717) is 28.5 Å². The molecule has 0 atom stereocenters. The summed E-state index contributed by atoms with van der Waals surface area (Å²) < 4.78 is 0. The minimum atomic E-state index is 0.335. The lowest BCUT2D eigenvalue weighted by atomic mass is 9.48. The first kappa shape index (κ1) is 32.5. The van der Waals surface area contributed by atoms with E-state index >= 15 is 0 Å². The molecule has 0 aliphatic heterocycles. The van der Waals surface area contributed by atoms with Gasteiger partial charge in [-0.2, -0.15) is 5.26 Å². The van der Waals surface area contributed by atoms with Gasteiger partial charge in [-0.15, -0.1) is 0 Å². The van der Waals surface area contributed by atoms with Gasteiger partial charge in [0.15, 0.2) is 17.5 Å². The van der Waals surface area contributed by atoms with Crippen molar-refractivity contribution in [1.82, 2.24) is 15.0 Å². The summed E-state index contributed by atoms with van der Waals surface area (Å²) in [5.74, 6) is 4.54. The number of hydrogen-bond donors (Lipinski definition) is 0. The first-order chi connectivity index (χ1) is 26.6. The van der Waals surface area contributed by atoms with Crippen LogP contribution in [0.4, 0.5) is 0 Å². The van der Waals surface area contributed by atoms with Crippen LogP contribution in [0.1, 0.15) is 49.7 Å². The molecule has 4 nitrogen and oxygen atoms in total. The smallest absolute Gasteiger partial charge is 0.164 e. The molecule has 0 radical (unpaired) electrons. The highest BCUT2D eigenvalue weighted by Gasteiger charge is 2.51. The molecule has 0 amide bonds. The van der Waals surface area contributed by atoms with E-state index in [2.05, 4.69) is 78.9 Å².